The van der Waals surface area contributed by atoms with Gasteiger partial charge >= 0.3 is 12.1 Å². The quantitative estimate of drug-likeness (QED) is 0.257. The van der Waals surface area contributed by atoms with Crippen molar-refractivity contribution in [1.82, 2.24) is 10.6 Å². The zero-order valence-corrected chi connectivity index (χ0v) is 21.3. The zero-order valence-electron chi connectivity index (χ0n) is 21.3. The Morgan fingerprint density at radius 2 is 1.08 bits per heavy atom. The van der Waals surface area contributed by atoms with Crippen LogP contribution in [0, 0.1) is 0 Å². The summed E-state index contributed by atoms with van der Waals surface area (Å²) >= 11 is 0. The van der Waals surface area contributed by atoms with E-state index in [1.165, 1.54) is 0 Å². The smallest absolute Gasteiger partial charge is 0.408 e. The third-order valence-corrected chi connectivity index (χ3v) is 6.22. The Balaban J connectivity index is 1.42. The van der Waals surface area contributed by atoms with Crippen LogP contribution in [-0.4, -0.2) is 35.2 Å². The van der Waals surface area contributed by atoms with Crippen LogP contribution in [0.15, 0.2) is 115 Å². The van der Waals surface area contributed by atoms with E-state index in [2.05, 4.69) is 10.6 Å². The topological polar surface area (TPSA) is 105 Å². The fourth-order valence-corrected chi connectivity index (χ4v) is 4.14. The van der Waals surface area contributed by atoms with Gasteiger partial charge in [0, 0.05) is 12.8 Å². The summed E-state index contributed by atoms with van der Waals surface area (Å²) in [5.41, 5.74) is 4.44. The number of hydrogen-bond acceptors (Lipinski definition) is 4. The molecule has 4 aromatic rings. The molecule has 2 atom stereocenters. The lowest BCUT2D eigenvalue weighted by Gasteiger charge is -2.22. The van der Waals surface area contributed by atoms with Gasteiger partial charge in [0.25, 0.3) is 0 Å². The first-order valence-corrected chi connectivity index (χ1v) is 12.7. The molecule has 0 aliphatic rings. The molecular formula is C32H30N2O5. The van der Waals surface area contributed by atoms with E-state index in [1.807, 2.05) is 115 Å². The van der Waals surface area contributed by atoms with E-state index in [9.17, 15) is 19.5 Å². The number of rotatable bonds is 11. The Morgan fingerprint density at radius 1 is 0.590 bits per heavy atom. The standard InChI is InChI=1S/C32H30N2O5/c35-30(33-29(31(36)37)21-24-16-18-27(19-17-24)26-14-8-3-9-15-26)28(20-23-10-4-1-5-11-23)34-32(38)39-22-25-12-6-2-7-13-25/h1-19,28-29H,20-22H2,(H,33,35)(H,34,38)(H,36,37)/t28-,29+/m1/s1. The Morgan fingerprint density at radius 3 is 1.67 bits per heavy atom. The van der Waals surface area contributed by atoms with E-state index in [4.69, 9.17) is 4.74 Å². The number of carboxylic acid groups (broad SMARTS) is 1. The van der Waals surface area contributed by atoms with Crippen molar-refractivity contribution in [2.24, 2.45) is 0 Å². The van der Waals surface area contributed by atoms with Gasteiger partial charge in [0.05, 0.1) is 0 Å². The van der Waals surface area contributed by atoms with Gasteiger partial charge in [-0.3, -0.25) is 4.79 Å². The summed E-state index contributed by atoms with van der Waals surface area (Å²) in [6, 6.07) is 33.6. The normalized spacial score (nSPS) is 12.1. The van der Waals surface area contributed by atoms with Crippen LogP contribution in [0.4, 0.5) is 4.79 Å². The number of hydrogen-bond donors (Lipinski definition) is 3. The van der Waals surface area contributed by atoms with Crippen LogP contribution in [-0.2, 0) is 33.8 Å². The van der Waals surface area contributed by atoms with Crippen molar-refractivity contribution < 1.29 is 24.2 Å². The lowest BCUT2D eigenvalue weighted by atomic mass is 10.00. The van der Waals surface area contributed by atoms with Crippen LogP contribution in [0.5, 0.6) is 0 Å². The number of amides is 2. The fraction of sp³-hybridized carbons (Fsp3) is 0.156. The highest BCUT2D eigenvalue weighted by molar-refractivity contribution is 5.89. The largest absolute Gasteiger partial charge is 0.480 e. The summed E-state index contributed by atoms with van der Waals surface area (Å²) in [4.78, 5) is 37.9. The zero-order chi connectivity index (χ0) is 27.5. The van der Waals surface area contributed by atoms with Crippen LogP contribution < -0.4 is 10.6 Å². The van der Waals surface area contributed by atoms with Gasteiger partial charge in [0.15, 0.2) is 0 Å². The molecule has 4 rings (SSSR count). The lowest BCUT2D eigenvalue weighted by Crippen LogP contribution is -2.53. The van der Waals surface area contributed by atoms with Crippen molar-refractivity contribution >= 4 is 18.0 Å². The maximum Gasteiger partial charge on any atom is 0.408 e. The minimum absolute atomic E-state index is 0.0447. The predicted molar refractivity (Wildman–Crippen MR) is 149 cm³/mol. The Hall–Kier alpha value is -4.91. The molecule has 0 unspecified atom stereocenters. The van der Waals surface area contributed by atoms with Crippen LogP contribution in [0.3, 0.4) is 0 Å². The first-order valence-electron chi connectivity index (χ1n) is 12.7. The Bertz CT molecular complexity index is 1360. The Kier molecular flexibility index (Phi) is 9.45. The first kappa shape index (κ1) is 27.1. The monoisotopic (exact) mass is 522 g/mol. The van der Waals surface area contributed by atoms with Crippen molar-refractivity contribution in [3.63, 3.8) is 0 Å². The molecule has 3 N–H and O–H groups in total. The van der Waals surface area contributed by atoms with Crippen LogP contribution >= 0.6 is 0 Å². The van der Waals surface area contributed by atoms with E-state index < -0.39 is 30.1 Å². The molecule has 4 aromatic carbocycles. The molecule has 0 saturated heterocycles. The SMILES string of the molecule is O=C(N[C@H](Cc1ccccc1)C(=O)N[C@@H](Cc1ccc(-c2ccccc2)cc1)C(=O)O)OCc1ccccc1. The van der Waals surface area contributed by atoms with Crippen molar-refractivity contribution in [3.8, 4) is 11.1 Å². The van der Waals surface area contributed by atoms with Crippen LogP contribution in [0.25, 0.3) is 11.1 Å². The van der Waals surface area contributed by atoms with Gasteiger partial charge in [-0.05, 0) is 27.8 Å². The number of ether oxygens (including phenoxy) is 1. The van der Waals surface area contributed by atoms with E-state index >= 15 is 0 Å². The number of alkyl carbamates (subject to hydrolysis) is 1. The van der Waals surface area contributed by atoms with E-state index in [1.54, 1.807) is 0 Å². The molecule has 2 amide bonds. The van der Waals surface area contributed by atoms with Gasteiger partial charge in [-0.2, -0.15) is 0 Å². The number of carbonyl (C=O) groups excluding carboxylic acids is 2. The summed E-state index contributed by atoms with van der Waals surface area (Å²) in [6.45, 7) is 0.0447. The second kappa shape index (κ2) is 13.6. The molecule has 7 nitrogen and oxygen atoms in total. The molecule has 7 heteroatoms. The molecule has 198 valence electrons. The molecule has 0 radical (unpaired) electrons. The molecule has 0 bridgehead atoms. The maximum atomic E-state index is 13.3. The summed E-state index contributed by atoms with van der Waals surface area (Å²) < 4.78 is 5.30. The molecule has 39 heavy (non-hydrogen) atoms. The molecule has 0 aliphatic heterocycles. The second-order valence-corrected chi connectivity index (χ2v) is 9.11. The third-order valence-electron chi connectivity index (χ3n) is 6.22. The van der Waals surface area contributed by atoms with Gasteiger partial charge in [-0.25, -0.2) is 9.59 Å². The first-order chi connectivity index (χ1) is 19.0. The minimum atomic E-state index is -1.18. The van der Waals surface area contributed by atoms with Crippen molar-refractivity contribution in [2.75, 3.05) is 0 Å². The van der Waals surface area contributed by atoms with Crippen molar-refractivity contribution in [3.05, 3.63) is 132 Å². The lowest BCUT2D eigenvalue weighted by molar-refractivity contribution is -0.142. The van der Waals surface area contributed by atoms with E-state index in [0.717, 1.165) is 27.8 Å². The summed E-state index contributed by atoms with van der Waals surface area (Å²) in [5.74, 6) is -1.77. The van der Waals surface area contributed by atoms with Gasteiger partial charge in [0.1, 0.15) is 18.7 Å². The highest BCUT2D eigenvalue weighted by Crippen LogP contribution is 2.20. The average Bonchev–Trinajstić information content (AvgIpc) is 2.97. The predicted octanol–water partition coefficient (Wildman–Crippen LogP) is 5.00. The highest BCUT2D eigenvalue weighted by Gasteiger charge is 2.27. The number of benzene rings is 4. The molecule has 0 heterocycles. The third kappa shape index (κ3) is 8.30. The van der Waals surface area contributed by atoms with Gasteiger partial charge in [-0.1, -0.05) is 115 Å². The van der Waals surface area contributed by atoms with Gasteiger partial charge < -0.3 is 20.5 Å². The molecule has 0 spiro atoms. The second-order valence-electron chi connectivity index (χ2n) is 9.11. The summed E-state index contributed by atoms with van der Waals surface area (Å²) in [7, 11) is 0. The molecule has 0 aromatic heterocycles. The molecule has 0 aliphatic carbocycles. The summed E-state index contributed by atoms with van der Waals surface area (Å²) in [6.07, 6.45) is -0.504. The number of carboxylic acids is 1. The van der Waals surface area contributed by atoms with Crippen molar-refractivity contribution in [2.45, 2.75) is 31.5 Å². The highest BCUT2D eigenvalue weighted by atomic mass is 16.5. The molecular weight excluding hydrogens is 492 g/mol. The minimum Gasteiger partial charge on any atom is -0.480 e. The van der Waals surface area contributed by atoms with Crippen LogP contribution in [0.2, 0.25) is 0 Å². The van der Waals surface area contributed by atoms with Gasteiger partial charge in [0.2, 0.25) is 5.91 Å². The molecule has 0 saturated carbocycles. The fourth-order valence-electron chi connectivity index (χ4n) is 4.14. The maximum absolute atomic E-state index is 13.3. The average molecular weight is 523 g/mol. The number of nitrogens with one attached hydrogen (secondary N) is 2. The van der Waals surface area contributed by atoms with Crippen LogP contribution in [0.1, 0.15) is 16.7 Å². The number of aliphatic carboxylic acids is 1. The van der Waals surface area contributed by atoms with E-state index in [0.29, 0.717) is 0 Å². The van der Waals surface area contributed by atoms with Gasteiger partial charge in [-0.15, -0.1) is 0 Å². The van der Waals surface area contributed by atoms with E-state index in [-0.39, 0.29) is 19.4 Å². The molecule has 0 fully saturated rings. The van der Waals surface area contributed by atoms with Crippen molar-refractivity contribution in [1.29, 1.82) is 0 Å². The summed E-state index contributed by atoms with van der Waals surface area (Å²) in [5, 5.41) is 15.1. The Labute approximate surface area is 227 Å². The number of carbonyl (C=O) groups is 3.